The molecule has 1 heterocycles. The average Bonchev–Trinajstić information content (AvgIpc) is 2.74. The summed E-state index contributed by atoms with van der Waals surface area (Å²) in [6.45, 7) is 0.488. The van der Waals surface area contributed by atoms with E-state index in [1.54, 1.807) is 0 Å². The molecule has 1 fully saturated rings. The normalized spacial score (nSPS) is 26.1. The van der Waals surface area contributed by atoms with Crippen molar-refractivity contribution >= 4 is 51.3 Å². The monoisotopic (exact) mass is 488 g/mol. The molecule has 0 amide bonds. The molecule has 0 spiro atoms. The van der Waals surface area contributed by atoms with Crippen LogP contribution >= 0.6 is 45.2 Å². The summed E-state index contributed by atoms with van der Waals surface area (Å²) in [5, 5.41) is 0. The summed E-state index contributed by atoms with van der Waals surface area (Å²) >= 11 is 4.60. The molecule has 3 atom stereocenters. The number of hydrogen-bond acceptors (Lipinski definition) is 4. The van der Waals surface area contributed by atoms with E-state index in [9.17, 15) is 4.79 Å². The number of halogens is 2. The Bertz CT molecular complexity index is 402. The molecule has 2 rings (SSSR count). The Kier molecular flexibility index (Phi) is 6.14. The lowest BCUT2D eigenvalue weighted by molar-refractivity contribution is 0.00261. The van der Waals surface area contributed by atoms with Gasteiger partial charge in [-0.25, -0.2) is 4.79 Å². The molecule has 6 heteroatoms. The van der Waals surface area contributed by atoms with Crippen LogP contribution in [0.4, 0.5) is 4.79 Å². The molecule has 3 unspecified atom stereocenters. The first kappa shape index (κ1) is 15.3. The first-order valence-electron chi connectivity index (χ1n) is 5.92. The van der Waals surface area contributed by atoms with Gasteiger partial charge in [0.15, 0.2) is 0 Å². The molecule has 104 valence electrons. The fourth-order valence-corrected chi connectivity index (χ4v) is 3.15. The van der Waals surface area contributed by atoms with E-state index in [4.69, 9.17) is 14.2 Å². The largest absolute Gasteiger partial charge is 0.508 e. The fourth-order valence-electron chi connectivity index (χ4n) is 1.71. The Labute approximate surface area is 139 Å². The first-order chi connectivity index (χ1) is 9.15. The summed E-state index contributed by atoms with van der Waals surface area (Å²) in [7, 11) is 0. The molecular formula is C13H14I2O4. The van der Waals surface area contributed by atoms with E-state index < -0.39 is 6.16 Å². The van der Waals surface area contributed by atoms with Crippen molar-refractivity contribution in [1.82, 2.24) is 0 Å². The van der Waals surface area contributed by atoms with E-state index >= 15 is 0 Å². The van der Waals surface area contributed by atoms with Crippen molar-refractivity contribution in [2.75, 3.05) is 6.61 Å². The van der Waals surface area contributed by atoms with Gasteiger partial charge in [-0.05, 0) is 34.6 Å². The first-order valence-corrected chi connectivity index (χ1v) is 8.41. The third kappa shape index (κ3) is 5.07. The van der Waals surface area contributed by atoms with Crippen LogP contribution in [0.2, 0.25) is 0 Å². The molecule has 1 saturated heterocycles. The van der Waals surface area contributed by atoms with Crippen LogP contribution in [0.3, 0.4) is 0 Å². The minimum absolute atomic E-state index is 0.0203. The molecule has 0 aromatic heterocycles. The van der Waals surface area contributed by atoms with Crippen LogP contribution in [0.25, 0.3) is 0 Å². The van der Waals surface area contributed by atoms with E-state index in [0.717, 1.165) is 12.0 Å². The van der Waals surface area contributed by atoms with Crippen LogP contribution in [0.5, 0.6) is 0 Å². The minimum atomic E-state index is -0.644. The molecule has 1 aliphatic heterocycles. The number of hydrogen-bond donors (Lipinski definition) is 0. The number of carbonyl (C=O) groups is 1. The van der Waals surface area contributed by atoms with E-state index in [1.807, 2.05) is 30.3 Å². The van der Waals surface area contributed by atoms with Crippen LogP contribution < -0.4 is 0 Å². The molecule has 4 nitrogen and oxygen atoms in total. The third-order valence-electron chi connectivity index (χ3n) is 2.68. The highest BCUT2D eigenvalue weighted by Crippen LogP contribution is 2.31. The maximum absolute atomic E-state index is 11.4. The van der Waals surface area contributed by atoms with Crippen LogP contribution in [0, 0.1) is 0 Å². The Morgan fingerprint density at radius 3 is 2.63 bits per heavy atom. The molecule has 0 bridgehead atoms. The van der Waals surface area contributed by atoms with Gasteiger partial charge in [0, 0.05) is 3.92 Å². The van der Waals surface area contributed by atoms with Crippen molar-refractivity contribution in [2.24, 2.45) is 0 Å². The van der Waals surface area contributed by atoms with Crippen LogP contribution in [-0.4, -0.2) is 26.9 Å². The molecular weight excluding hydrogens is 474 g/mol. The van der Waals surface area contributed by atoms with Crippen molar-refractivity contribution in [1.29, 1.82) is 0 Å². The molecule has 1 aliphatic rings. The highest BCUT2D eigenvalue weighted by molar-refractivity contribution is 14.1. The number of rotatable bonds is 4. The maximum Gasteiger partial charge on any atom is 0.508 e. The summed E-state index contributed by atoms with van der Waals surface area (Å²) in [5.41, 5.74) is 0.941. The molecule has 0 radical (unpaired) electrons. The fraction of sp³-hybridized carbons (Fsp3) is 0.462. The predicted molar refractivity (Wildman–Crippen MR) is 87.7 cm³/mol. The van der Waals surface area contributed by atoms with Gasteiger partial charge in [-0.15, -0.1) is 0 Å². The lowest BCUT2D eigenvalue weighted by Gasteiger charge is -2.11. The van der Waals surface area contributed by atoms with Crippen molar-refractivity contribution in [3.8, 4) is 0 Å². The van der Waals surface area contributed by atoms with Gasteiger partial charge in [0.25, 0.3) is 0 Å². The lowest BCUT2D eigenvalue weighted by atomic mass is 10.2. The predicted octanol–water partition coefficient (Wildman–Crippen LogP) is 3.69. The Hall–Kier alpha value is -0.0900. The summed E-state index contributed by atoms with van der Waals surface area (Å²) in [6.07, 6.45) is 0.239. The van der Waals surface area contributed by atoms with Gasteiger partial charge in [0.1, 0.15) is 17.3 Å². The van der Waals surface area contributed by atoms with Crippen LogP contribution in [0.1, 0.15) is 12.0 Å². The van der Waals surface area contributed by atoms with Gasteiger partial charge in [-0.2, -0.15) is 0 Å². The second-order valence-electron chi connectivity index (χ2n) is 4.20. The number of alkyl halides is 2. The van der Waals surface area contributed by atoms with E-state index in [0.29, 0.717) is 3.92 Å². The molecule has 0 N–H and O–H groups in total. The summed E-state index contributed by atoms with van der Waals surface area (Å²) < 4.78 is 16.4. The Balaban J connectivity index is 1.65. The Morgan fingerprint density at radius 1 is 1.26 bits per heavy atom. The molecule has 1 aromatic carbocycles. The van der Waals surface area contributed by atoms with Crippen molar-refractivity contribution < 1.29 is 19.0 Å². The van der Waals surface area contributed by atoms with E-state index in [1.165, 1.54) is 0 Å². The van der Waals surface area contributed by atoms with Crippen LogP contribution in [-0.2, 0) is 20.8 Å². The second kappa shape index (κ2) is 7.63. The quantitative estimate of drug-likeness (QED) is 0.369. The number of benzene rings is 1. The summed E-state index contributed by atoms with van der Waals surface area (Å²) in [5.74, 6) is 0. The molecule has 0 aliphatic carbocycles. The third-order valence-corrected chi connectivity index (χ3v) is 6.38. The van der Waals surface area contributed by atoms with Gasteiger partial charge < -0.3 is 14.2 Å². The van der Waals surface area contributed by atoms with Crippen molar-refractivity contribution in [3.05, 3.63) is 35.9 Å². The number of carbonyl (C=O) groups excluding carboxylic acids is 1. The minimum Gasteiger partial charge on any atom is -0.432 e. The smallest absolute Gasteiger partial charge is 0.432 e. The van der Waals surface area contributed by atoms with Gasteiger partial charge in [-0.1, -0.05) is 52.9 Å². The highest BCUT2D eigenvalue weighted by Gasteiger charge is 2.32. The molecule has 1 aromatic rings. The van der Waals surface area contributed by atoms with Gasteiger partial charge in [-0.3, -0.25) is 0 Å². The van der Waals surface area contributed by atoms with E-state index in [2.05, 4.69) is 45.2 Å². The second-order valence-corrected chi connectivity index (χ2v) is 7.02. The zero-order chi connectivity index (χ0) is 13.7. The van der Waals surface area contributed by atoms with Crippen LogP contribution in [0.15, 0.2) is 30.3 Å². The van der Waals surface area contributed by atoms with Gasteiger partial charge >= 0.3 is 6.16 Å². The maximum atomic E-state index is 11.4. The van der Waals surface area contributed by atoms with Crippen molar-refractivity contribution in [3.63, 3.8) is 0 Å². The van der Waals surface area contributed by atoms with E-state index in [-0.39, 0.29) is 23.4 Å². The average molecular weight is 488 g/mol. The lowest BCUT2D eigenvalue weighted by Crippen LogP contribution is -2.19. The topological polar surface area (TPSA) is 44.8 Å². The molecule has 0 saturated carbocycles. The Morgan fingerprint density at radius 2 is 2.00 bits per heavy atom. The summed E-state index contributed by atoms with van der Waals surface area (Å²) in [4.78, 5) is 11.4. The van der Waals surface area contributed by atoms with Gasteiger partial charge in [0.05, 0.1) is 6.10 Å². The number of ether oxygens (including phenoxy) is 3. The zero-order valence-corrected chi connectivity index (χ0v) is 14.4. The summed E-state index contributed by atoms with van der Waals surface area (Å²) in [6, 6.07) is 9.51. The SMILES string of the molecule is O=C(OCc1ccccc1)OCC1CC(I)C(I)O1. The molecule has 19 heavy (non-hydrogen) atoms. The highest BCUT2D eigenvalue weighted by atomic mass is 127. The zero-order valence-electron chi connectivity index (χ0n) is 10.1. The standard InChI is InChI=1S/C13H14I2O4/c14-11-6-10(19-12(11)15)8-18-13(16)17-7-9-4-2-1-3-5-9/h1-5,10-12H,6-8H2. The van der Waals surface area contributed by atoms with Crippen molar-refractivity contribution in [2.45, 2.75) is 27.2 Å². The van der Waals surface area contributed by atoms with Gasteiger partial charge in [0.2, 0.25) is 0 Å².